The molecular weight excluding hydrogens is 132 g/mol. The summed E-state index contributed by atoms with van der Waals surface area (Å²) >= 11 is 0. The molecule has 0 amide bonds. The van der Waals surface area contributed by atoms with E-state index in [0.717, 1.165) is 5.57 Å². The largest absolute Gasteiger partial charge is 0.0961 e. The zero-order valence-electron chi connectivity index (χ0n) is 7.59. The zero-order valence-corrected chi connectivity index (χ0v) is 7.59. The average molecular weight is 148 g/mol. The topological polar surface area (TPSA) is 0 Å². The number of rotatable bonds is 3. The molecule has 11 heavy (non-hydrogen) atoms. The molecule has 0 fully saturated rings. The lowest BCUT2D eigenvalue weighted by molar-refractivity contribution is 1.39. The van der Waals surface area contributed by atoms with E-state index >= 15 is 0 Å². The van der Waals surface area contributed by atoms with Crippen molar-refractivity contribution in [2.75, 3.05) is 0 Å². The van der Waals surface area contributed by atoms with Crippen molar-refractivity contribution in [1.82, 2.24) is 0 Å². The van der Waals surface area contributed by atoms with E-state index in [1.54, 1.807) is 0 Å². The molecule has 0 bridgehead atoms. The highest BCUT2D eigenvalue weighted by Crippen LogP contribution is 1.91. The van der Waals surface area contributed by atoms with Gasteiger partial charge in [0.05, 0.1) is 0 Å². The molecule has 0 unspecified atom stereocenters. The molecule has 0 aliphatic carbocycles. The van der Waals surface area contributed by atoms with E-state index in [-0.39, 0.29) is 0 Å². The van der Waals surface area contributed by atoms with Gasteiger partial charge in [0.25, 0.3) is 0 Å². The molecule has 0 atom stereocenters. The van der Waals surface area contributed by atoms with Crippen molar-refractivity contribution in [1.29, 1.82) is 0 Å². The standard InChI is InChI=1S/C11H16/c1-10(2)8-6-5-7-9-11(3)4/h5-9H,1H2,2-4H3/b7-5+,8-6+. The fourth-order valence-corrected chi connectivity index (χ4v) is 0.532. The van der Waals surface area contributed by atoms with Gasteiger partial charge in [0.15, 0.2) is 0 Å². The molecule has 0 aromatic heterocycles. The summed E-state index contributed by atoms with van der Waals surface area (Å²) in [5.74, 6) is 0. The first-order chi connectivity index (χ1) is 5.13. The Balaban J connectivity index is 3.78. The average Bonchev–Trinajstić information content (AvgIpc) is 1.85. The van der Waals surface area contributed by atoms with Crippen LogP contribution in [0.3, 0.4) is 0 Å². The van der Waals surface area contributed by atoms with Crippen LogP contribution >= 0.6 is 0 Å². The van der Waals surface area contributed by atoms with E-state index in [0.29, 0.717) is 0 Å². The smallest absolute Gasteiger partial charge is 0.0404 e. The highest BCUT2D eigenvalue weighted by molar-refractivity contribution is 5.20. The quantitative estimate of drug-likeness (QED) is 0.536. The molecule has 0 saturated carbocycles. The maximum Gasteiger partial charge on any atom is -0.0404 e. The molecule has 0 aromatic rings. The summed E-state index contributed by atoms with van der Waals surface area (Å²) in [7, 11) is 0. The van der Waals surface area contributed by atoms with Crippen molar-refractivity contribution >= 4 is 0 Å². The Kier molecular flexibility index (Phi) is 5.18. The fourth-order valence-electron chi connectivity index (χ4n) is 0.532. The van der Waals surface area contributed by atoms with Crippen molar-refractivity contribution in [2.45, 2.75) is 20.8 Å². The van der Waals surface area contributed by atoms with E-state index in [2.05, 4.69) is 26.5 Å². The Hall–Kier alpha value is -1.04. The third-order valence-electron chi connectivity index (χ3n) is 1.03. The molecule has 0 radical (unpaired) electrons. The van der Waals surface area contributed by atoms with E-state index in [9.17, 15) is 0 Å². The van der Waals surface area contributed by atoms with Crippen molar-refractivity contribution in [3.05, 3.63) is 48.1 Å². The van der Waals surface area contributed by atoms with Crippen LogP contribution in [0.2, 0.25) is 0 Å². The molecule has 0 heteroatoms. The van der Waals surface area contributed by atoms with Crippen molar-refractivity contribution < 1.29 is 0 Å². The highest BCUT2D eigenvalue weighted by atomic mass is 13.8. The van der Waals surface area contributed by atoms with Crippen LogP contribution in [0.25, 0.3) is 0 Å². The molecule has 0 heterocycles. The van der Waals surface area contributed by atoms with Gasteiger partial charge in [-0.15, -0.1) is 0 Å². The van der Waals surface area contributed by atoms with Crippen molar-refractivity contribution in [3.8, 4) is 0 Å². The summed E-state index contributed by atoms with van der Waals surface area (Å²) in [6, 6.07) is 0. The van der Waals surface area contributed by atoms with Gasteiger partial charge in [-0.25, -0.2) is 0 Å². The zero-order chi connectivity index (χ0) is 8.69. The summed E-state index contributed by atoms with van der Waals surface area (Å²) in [5.41, 5.74) is 2.39. The van der Waals surface area contributed by atoms with Crippen LogP contribution in [0.4, 0.5) is 0 Å². The van der Waals surface area contributed by atoms with Gasteiger partial charge in [-0.3, -0.25) is 0 Å². The first-order valence-corrected chi connectivity index (χ1v) is 3.76. The van der Waals surface area contributed by atoms with Gasteiger partial charge in [-0.1, -0.05) is 48.1 Å². The Labute approximate surface area is 69.6 Å². The third-order valence-corrected chi connectivity index (χ3v) is 1.03. The molecule has 0 spiro atoms. The second kappa shape index (κ2) is 5.72. The molecule has 0 aliphatic heterocycles. The first-order valence-electron chi connectivity index (χ1n) is 3.76. The van der Waals surface area contributed by atoms with Gasteiger partial charge in [-0.05, 0) is 20.8 Å². The second-order valence-electron chi connectivity index (χ2n) is 2.83. The number of hydrogen-bond acceptors (Lipinski definition) is 0. The Morgan fingerprint density at radius 1 is 1.00 bits per heavy atom. The molecule has 0 rings (SSSR count). The van der Waals surface area contributed by atoms with Gasteiger partial charge in [0.2, 0.25) is 0 Å². The van der Waals surface area contributed by atoms with Crippen LogP contribution in [0, 0.1) is 0 Å². The fraction of sp³-hybridized carbons (Fsp3) is 0.273. The summed E-state index contributed by atoms with van der Waals surface area (Å²) in [5, 5.41) is 0. The van der Waals surface area contributed by atoms with E-state index in [1.807, 2.05) is 31.2 Å². The van der Waals surface area contributed by atoms with Crippen LogP contribution < -0.4 is 0 Å². The maximum absolute atomic E-state index is 3.75. The van der Waals surface area contributed by atoms with E-state index in [4.69, 9.17) is 0 Å². The van der Waals surface area contributed by atoms with E-state index in [1.165, 1.54) is 5.57 Å². The van der Waals surface area contributed by atoms with Crippen molar-refractivity contribution in [3.63, 3.8) is 0 Å². The molecule has 0 N–H and O–H groups in total. The van der Waals surface area contributed by atoms with Gasteiger partial charge in [-0.2, -0.15) is 0 Å². The van der Waals surface area contributed by atoms with Crippen LogP contribution in [0.5, 0.6) is 0 Å². The van der Waals surface area contributed by atoms with Crippen LogP contribution in [0.15, 0.2) is 48.1 Å². The lowest BCUT2D eigenvalue weighted by Gasteiger charge is -1.81. The molecule has 0 nitrogen and oxygen atoms in total. The molecule has 0 aromatic carbocycles. The summed E-state index contributed by atoms with van der Waals surface area (Å²) in [4.78, 5) is 0. The minimum Gasteiger partial charge on any atom is -0.0961 e. The molecule has 0 saturated heterocycles. The van der Waals surface area contributed by atoms with Crippen LogP contribution in [-0.2, 0) is 0 Å². The van der Waals surface area contributed by atoms with Crippen molar-refractivity contribution in [2.24, 2.45) is 0 Å². The first kappa shape index (κ1) is 9.96. The highest BCUT2D eigenvalue weighted by Gasteiger charge is 1.70. The van der Waals surface area contributed by atoms with Crippen LogP contribution in [0.1, 0.15) is 20.8 Å². The summed E-state index contributed by atoms with van der Waals surface area (Å²) in [6.07, 6.45) is 10.1. The predicted octanol–water partition coefficient (Wildman–Crippen LogP) is 3.64. The van der Waals surface area contributed by atoms with Gasteiger partial charge >= 0.3 is 0 Å². The lowest BCUT2D eigenvalue weighted by Crippen LogP contribution is -1.60. The minimum atomic E-state index is 1.08. The molecular formula is C11H16. The molecule has 0 aliphatic rings. The molecule has 60 valence electrons. The Morgan fingerprint density at radius 3 is 2.09 bits per heavy atom. The lowest BCUT2D eigenvalue weighted by atomic mass is 10.3. The SMILES string of the molecule is C=C(C)/C=C/C=C/C=C(C)C. The number of hydrogen-bond donors (Lipinski definition) is 0. The number of allylic oxidation sites excluding steroid dienone is 7. The summed E-state index contributed by atoms with van der Waals surface area (Å²) < 4.78 is 0. The summed E-state index contributed by atoms with van der Waals surface area (Å²) in [6.45, 7) is 9.88. The monoisotopic (exact) mass is 148 g/mol. The normalized spacial score (nSPS) is 10.8. The van der Waals surface area contributed by atoms with Gasteiger partial charge in [0, 0.05) is 0 Å². The predicted molar refractivity (Wildman–Crippen MR) is 52.5 cm³/mol. The Bertz CT molecular complexity index is 198. The van der Waals surface area contributed by atoms with E-state index < -0.39 is 0 Å². The second-order valence-corrected chi connectivity index (χ2v) is 2.83. The minimum absolute atomic E-state index is 1.08. The third kappa shape index (κ3) is 8.96. The maximum atomic E-state index is 3.75. The van der Waals surface area contributed by atoms with Gasteiger partial charge < -0.3 is 0 Å². The van der Waals surface area contributed by atoms with Gasteiger partial charge in [0.1, 0.15) is 0 Å². The Morgan fingerprint density at radius 2 is 1.64 bits per heavy atom. The van der Waals surface area contributed by atoms with Crippen LogP contribution in [-0.4, -0.2) is 0 Å².